The van der Waals surface area contributed by atoms with Crippen LogP contribution in [0.5, 0.6) is 0 Å². The van der Waals surface area contributed by atoms with Gasteiger partial charge in [0.1, 0.15) is 0 Å². The maximum absolute atomic E-state index is 11.3. The molecule has 1 aromatic carbocycles. The van der Waals surface area contributed by atoms with Gasteiger partial charge in [-0.1, -0.05) is 18.0 Å². The van der Waals surface area contributed by atoms with Crippen LogP contribution in [0.25, 0.3) is 0 Å². The van der Waals surface area contributed by atoms with E-state index in [1.807, 2.05) is 0 Å². The van der Waals surface area contributed by atoms with Gasteiger partial charge in [-0.05, 0) is 18.2 Å². The molecular weight excluding hydrogens is 258 g/mol. The van der Waals surface area contributed by atoms with Gasteiger partial charge in [-0.15, -0.1) is 0 Å². The summed E-state index contributed by atoms with van der Waals surface area (Å²) in [6, 6.07) is 6.86. The minimum Gasteiger partial charge on any atom is -0.325 e. The largest absolute Gasteiger partial charge is 0.325 e. The molecule has 0 saturated heterocycles. The van der Waals surface area contributed by atoms with E-state index in [2.05, 4.69) is 23.3 Å². The predicted molar refractivity (Wildman–Crippen MR) is 74.2 cm³/mol. The van der Waals surface area contributed by atoms with E-state index in [0.29, 0.717) is 11.4 Å². The van der Waals surface area contributed by atoms with Crippen molar-refractivity contribution in [2.24, 2.45) is 5.14 Å². The Morgan fingerprint density at radius 1 is 1.24 bits per heavy atom. The van der Waals surface area contributed by atoms with Crippen LogP contribution >= 0.6 is 24.6 Å². The van der Waals surface area contributed by atoms with Gasteiger partial charge in [0.2, 0.25) is 11.8 Å². The fraction of sp³-hybridized carbons (Fsp3) is 0.200. The number of anilines is 2. The molecule has 92 valence electrons. The summed E-state index contributed by atoms with van der Waals surface area (Å²) in [5, 5.41) is 10.5. The monoisotopic (exact) mass is 271 g/mol. The summed E-state index contributed by atoms with van der Waals surface area (Å²) in [6.07, 6.45) is 0. The first kappa shape index (κ1) is 13.9. The van der Waals surface area contributed by atoms with Gasteiger partial charge in [0.05, 0.1) is 11.5 Å². The zero-order valence-electron chi connectivity index (χ0n) is 8.97. The Morgan fingerprint density at radius 2 is 1.82 bits per heavy atom. The molecule has 0 aliphatic carbocycles. The number of thiol groups is 1. The van der Waals surface area contributed by atoms with E-state index in [1.54, 1.807) is 24.3 Å². The summed E-state index contributed by atoms with van der Waals surface area (Å²) in [4.78, 5) is 22.4. The number of carbonyl (C=O) groups is 2. The molecule has 0 spiro atoms. The highest BCUT2D eigenvalue weighted by molar-refractivity contribution is 7.97. The van der Waals surface area contributed by atoms with Gasteiger partial charge >= 0.3 is 0 Å². The van der Waals surface area contributed by atoms with Crippen LogP contribution in [0.3, 0.4) is 0 Å². The van der Waals surface area contributed by atoms with E-state index in [9.17, 15) is 9.59 Å². The molecule has 0 aromatic heterocycles. The number of nitrogens with one attached hydrogen (secondary N) is 2. The van der Waals surface area contributed by atoms with Crippen LogP contribution in [0.15, 0.2) is 24.3 Å². The van der Waals surface area contributed by atoms with E-state index in [4.69, 9.17) is 5.14 Å². The van der Waals surface area contributed by atoms with Crippen LogP contribution in [0.4, 0.5) is 11.4 Å². The first-order chi connectivity index (χ1) is 8.15. The maximum atomic E-state index is 11.3. The lowest BCUT2D eigenvalue weighted by Crippen LogP contribution is -2.16. The second-order valence-electron chi connectivity index (χ2n) is 3.15. The van der Waals surface area contributed by atoms with E-state index in [1.165, 1.54) is 0 Å². The van der Waals surface area contributed by atoms with Gasteiger partial charge in [0.25, 0.3) is 0 Å². The van der Waals surface area contributed by atoms with Gasteiger partial charge in [-0.2, -0.15) is 12.6 Å². The first-order valence-corrected chi connectivity index (χ1v) is 6.46. The molecule has 2 amide bonds. The Kier molecular flexibility index (Phi) is 5.88. The topological polar surface area (TPSA) is 84.2 Å². The minimum atomic E-state index is -0.200. The number of carbonyl (C=O) groups excluding carboxylic acids is 2. The van der Waals surface area contributed by atoms with Crippen LogP contribution in [-0.4, -0.2) is 23.3 Å². The average Bonchev–Trinajstić information content (AvgIpc) is 2.29. The van der Waals surface area contributed by atoms with E-state index in [-0.39, 0.29) is 23.3 Å². The van der Waals surface area contributed by atoms with Crippen molar-refractivity contribution >= 4 is 47.8 Å². The van der Waals surface area contributed by atoms with Gasteiger partial charge in [0.15, 0.2) is 0 Å². The van der Waals surface area contributed by atoms with E-state index >= 15 is 0 Å². The maximum Gasteiger partial charge on any atom is 0.235 e. The number of hydrogen-bond acceptors (Lipinski definition) is 5. The molecule has 1 rings (SSSR count). The minimum absolute atomic E-state index is 0.112. The zero-order valence-corrected chi connectivity index (χ0v) is 10.7. The van der Waals surface area contributed by atoms with Crippen molar-refractivity contribution in [1.82, 2.24) is 0 Å². The van der Waals surface area contributed by atoms with Crippen LogP contribution in [-0.2, 0) is 9.59 Å². The Hall–Kier alpha value is -1.18. The molecule has 0 saturated carbocycles. The number of rotatable bonds is 5. The standard InChI is InChI=1S/C10H13N3O2S2/c11-17-6-10(15)13-8-3-1-2-7(4-8)12-9(14)5-16/h1-4,16H,5-6,11H2,(H,12,14)(H,13,15). The van der Waals surface area contributed by atoms with Crippen LogP contribution in [0.1, 0.15) is 0 Å². The highest BCUT2D eigenvalue weighted by Crippen LogP contribution is 2.15. The third-order valence-electron chi connectivity index (χ3n) is 1.79. The van der Waals surface area contributed by atoms with E-state index < -0.39 is 0 Å². The number of amides is 2. The predicted octanol–water partition coefficient (Wildman–Crippen LogP) is 1.10. The molecule has 0 heterocycles. The molecule has 4 N–H and O–H groups in total. The van der Waals surface area contributed by atoms with Crippen molar-refractivity contribution in [3.63, 3.8) is 0 Å². The summed E-state index contributed by atoms with van der Waals surface area (Å²) >= 11 is 4.81. The van der Waals surface area contributed by atoms with Crippen molar-refractivity contribution in [3.8, 4) is 0 Å². The number of benzene rings is 1. The van der Waals surface area contributed by atoms with Gasteiger partial charge < -0.3 is 10.6 Å². The second kappa shape index (κ2) is 7.21. The highest BCUT2D eigenvalue weighted by Gasteiger charge is 2.03. The van der Waals surface area contributed by atoms with Gasteiger partial charge in [0, 0.05) is 11.4 Å². The first-order valence-electron chi connectivity index (χ1n) is 4.78. The molecule has 0 fully saturated rings. The fourth-order valence-electron chi connectivity index (χ4n) is 1.15. The summed E-state index contributed by atoms with van der Waals surface area (Å²) < 4.78 is 0. The fourth-order valence-corrected chi connectivity index (χ4v) is 1.45. The smallest absolute Gasteiger partial charge is 0.235 e. The second-order valence-corrected chi connectivity index (χ2v) is 4.08. The molecule has 0 bridgehead atoms. The Morgan fingerprint density at radius 3 is 2.35 bits per heavy atom. The van der Waals surface area contributed by atoms with Crippen molar-refractivity contribution in [3.05, 3.63) is 24.3 Å². The molecule has 1 aromatic rings. The van der Waals surface area contributed by atoms with Crippen molar-refractivity contribution in [1.29, 1.82) is 0 Å². The molecule has 5 nitrogen and oxygen atoms in total. The molecule has 17 heavy (non-hydrogen) atoms. The third kappa shape index (κ3) is 5.12. The van der Waals surface area contributed by atoms with Crippen LogP contribution in [0.2, 0.25) is 0 Å². The lowest BCUT2D eigenvalue weighted by atomic mass is 10.2. The summed E-state index contributed by atoms with van der Waals surface area (Å²) in [6.45, 7) is 0. The molecular formula is C10H13N3O2S2. The highest BCUT2D eigenvalue weighted by atomic mass is 32.2. The van der Waals surface area contributed by atoms with Crippen molar-refractivity contribution in [2.75, 3.05) is 22.1 Å². The van der Waals surface area contributed by atoms with Crippen molar-refractivity contribution in [2.45, 2.75) is 0 Å². The lowest BCUT2D eigenvalue weighted by molar-refractivity contribution is -0.114. The summed E-state index contributed by atoms with van der Waals surface area (Å²) in [5.41, 5.74) is 1.23. The third-order valence-corrected chi connectivity index (χ3v) is 2.50. The molecule has 0 atom stereocenters. The molecule has 7 heteroatoms. The van der Waals surface area contributed by atoms with E-state index in [0.717, 1.165) is 11.9 Å². The lowest BCUT2D eigenvalue weighted by Gasteiger charge is -2.07. The SMILES string of the molecule is NSCC(=O)Nc1cccc(NC(=O)CS)c1. The molecule has 0 radical (unpaired) electrons. The van der Waals surface area contributed by atoms with Crippen LogP contribution in [0, 0.1) is 0 Å². The summed E-state index contributed by atoms with van der Waals surface area (Å²) in [7, 11) is 0. The Bertz CT molecular complexity index is 412. The average molecular weight is 271 g/mol. The Labute approximate surface area is 109 Å². The van der Waals surface area contributed by atoms with Crippen LogP contribution < -0.4 is 15.8 Å². The normalized spacial score (nSPS) is 9.76. The molecule has 0 aliphatic heterocycles. The quantitative estimate of drug-likeness (QED) is 0.477. The van der Waals surface area contributed by atoms with Gasteiger partial charge in [-0.3, -0.25) is 14.7 Å². The number of hydrogen-bond donors (Lipinski definition) is 4. The molecule has 0 aliphatic rings. The summed E-state index contributed by atoms with van der Waals surface area (Å²) in [5.74, 6) is -0.0855. The van der Waals surface area contributed by atoms with Gasteiger partial charge in [-0.25, -0.2) is 0 Å². The zero-order chi connectivity index (χ0) is 12.7. The molecule has 0 unspecified atom stereocenters. The number of nitrogens with two attached hydrogens (primary N) is 1. The van der Waals surface area contributed by atoms with Crippen molar-refractivity contribution < 1.29 is 9.59 Å². The Balaban J connectivity index is 2.65.